The van der Waals surface area contributed by atoms with Crippen LogP contribution in [0.5, 0.6) is 0 Å². The van der Waals surface area contributed by atoms with Crippen molar-refractivity contribution in [1.29, 1.82) is 0 Å². The summed E-state index contributed by atoms with van der Waals surface area (Å²) in [4.78, 5) is 17.7. The zero-order chi connectivity index (χ0) is 15.0. The first-order chi connectivity index (χ1) is 10.1. The molecule has 4 nitrogen and oxygen atoms in total. The van der Waals surface area contributed by atoms with Crippen molar-refractivity contribution < 1.29 is 9.90 Å². The summed E-state index contributed by atoms with van der Waals surface area (Å²) in [5.74, 6) is -0.147. The van der Waals surface area contributed by atoms with Crippen LogP contribution >= 0.6 is 23.2 Å². The predicted octanol–water partition coefficient (Wildman–Crippen LogP) is 3.84. The zero-order valence-electron chi connectivity index (χ0n) is 11.2. The van der Waals surface area contributed by atoms with Gasteiger partial charge < -0.3 is 10.0 Å². The average Bonchev–Trinajstić information content (AvgIpc) is 2.51. The van der Waals surface area contributed by atoms with E-state index in [1.54, 1.807) is 6.07 Å². The van der Waals surface area contributed by atoms with Crippen molar-refractivity contribution in [3.05, 3.63) is 34.3 Å². The summed E-state index contributed by atoms with van der Waals surface area (Å²) in [6.45, 7) is 1.38. The third kappa shape index (κ3) is 2.78. The third-order valence-corrected chi connectivity index (χ3v) is 4.70. The molecule has 0 radical (unpaired) electrons. The number of aliphatic carboxylic acids is 1. The van der Waals surface area contributed by atoms with Gasteiger partial charge in [-0.3, -0.25) is 4.79 Å². The lowest BCUT2D eigenvalue weighted by atomic mass is 9.97. The number of fused-ring (bicyclic) bond motifs is 1. The number of aromatic nitrogens is 1. The molecule has 1 saturated heterocycles. The Morgan fingerprint density at radius 1 is 1.19 bits per heavy atom. The number of carboxylic acid groups (broad SMARTS) is 1. The Balaban J connectivity index is 1.88. The number of carbonyl (C=O) groups is 1. The van der Waals surface area contributed by atoms with Gasteiger partial charge in [-0.15, -0.1) is 0 Å². The fourth-order valence-electron chi connectivity index (χ4n) is 2.65. The highest BCUT2D eigenvalue weighted by Crippen LogP contribution is 2.31. The summed E-state index contributed by atoms with van der Waals surface area (Å²) in [5.41, 5.74) is 0.682. The molecule has 3 rings (SSSR count). The Morgan fingerprint density at radius 3 is 2.52 bits per heavy atom. The van der Waals surface area contributed by atoms with Gasteiger partial charge in [-0.25, -0.2) is 4.98 Å². The van der Waals surface area contributed by atoms with E-state index < -0.39 is 5.97 Å². The molecular formula is C15H14Cl2N2O2. The van der Waals surface area contributed by atoms with Crippen LogP contribution in [-0.2, 0) is 4.79 Å². The van der Waals surface area contributed by atoms with Crippen molar-refractivity contribution in [2.24, 2.45) is 5.92 Å². The van der Waals surface area contributed by atoms with E-state index in [0.717, 1.165) is 11.2 Å². The molecule has 0 unspecified atom stereocenters. The van der Waals surface area contributed by atoms with Gasteiger partial charge in [0.25, 0.3) is 0 Å². The minimum atomic E-state index is -0.712. The number of hydrogen-bond acceptors (Lipinski definition) is 3. The largest absolute Gasteiger partial charge is 0.481 e. The van der Waals surface area contributed by atoms with Crippen molar-refractivity contribution in [3.8, 4) is 0 Å². The number of carboxylic acids is 1. The fourth-order valence-corrected chi connectivity index (χ4v) is 3.02. The highest BCUT2D eigenvalue weighted by molar-refractivity contribution is 6.45. The molecule has 1 fully saturated rings. The van der Waals surface area contributed by atoms with Gasteiger partial charge in [0.15, 0.2) is 0 Å². The van der Waals surface area contributed by atoms with E-state index in [0.29, 0.717) is 41.5 Å². The third-order valence-electron chi connectivity index (χ3n) is 3.91. The summed E-state index contributed by atoms with van der Waals surface area (Å²) in [6, 6.07) is 7.54. The maximum Gasteiger partial charge on any atom is 0.306 e. The monoisotopic (exact) mass is 324 g/mol. The van der Waals surface area contributed by atoms with Crippen molar-refractivity contribution in [2.45, 2.75) is 12.8 Å². The molecule has 1 aliphatic rings. The van der Waals surface area contributed by atoms with Gasteiger partial charge in [0, 0.05) is 18.5 Å². The minimum absolute atomic E-state index is 0.250. The fraction of sp³-hybridized carbons (Fsp3) is 0.333. The molecule has 6 heteroatoms. The number of benzene rings is 1. The van der Waals surface area contributed by atoms with Gasteiger partial charge in [-0.05, 0) is 31.0 Å². The van der Waals surface area contributed by atoms with E-state index in [-0.39, 0.29) is 5.92 Å². The molecule has 21 heavy (non-hydrogen) atoms. The Bertz CT molecular complexity index is 697. The van der Waals surface area contributed by atoms with E-state index in [1.165, 1.54) is 0 Å². The number of pyridine rings is 1. The van der Waals surface area contributed by atoms with Gasteiger partial charge in [0.05, 0.1) is 21.5 Å². The van der Waals surface area contributed by atoms with Crippen LogP contribution in [0.2, 0.25) is 10.0 Å². The van der Waals surface area contributed by atoms with Gasteiger partial charge in [0.1, 0.15) is 5.82 Å². The lowest BCUT2D eigenvalue weighted by molar-refractivity contribution is -0.142. The van der Waals surface area contributed by atoms with Crippen LogP contribution < -0.4 is 4.90 Å². The first-order valence-corrected chi connectivity index (χ1v) is 7.54. The van der Waals surface area contributed by atoms with E-state index >= 15 is 0 Å². The van der Waals surface area contributed by atoms with Crippen molar-refractivity contribution >= 4 is 45.9 Å². The quantitative estimate of drug-likeness (QED) is 0.911. The second-order valence-electron chi connectivity index (χ2n) is 5.20. The van der Waals surface area contributed by atoms with Crippen LogP contribution in [0.4, 0.5) is 5.82 Å². The van der Waals surface area contributed by atoms with E-state index in [2.05, 4.69) is 9.88 Å². The van der Waals surface area contributed by atoms with Crippen LogP contribution in [0.3, 0.4) is 0 Å². The summed E-state index contributed by atoms with van der Waals surface area (Å²) in [5, 5.41) is 10.9. The highest BCUT2D eigenvalue weighted by Gasteiger charge is 2.25. The molecule has 0 aliphatic carbocycles. The number of rotatable bonds is 2. The molecule has 2 heterocycles. The molecule has 1 aliphatic heterocycles. The maximum atomic E-state index is 11.0. The molecule has 110 valence electrons. The summed E-state index contributed by atoms with van der Waals surface area (Å²) in [7, 11) is 0. The van der Waals surface area contributed by atoms with Crippen LogP contribution in [0.15, 0.2) is 24.3 Å². The molecule has 0 atom stereocenters. The number of hydrogen-bond donors (Lipinski definition) is 1. The Kier molecular flexibility index (Phi) is 3.91. The van der Waals surface area contributed by atoms with Crippen LogP contribution in [0, 0.1) is 5.92 Å². The van der Waals surface area contributed by atoms with Crippen molar-refractivity contribution in [3.63, 3.8) is 0 Å². The summed E-state index contributed by atoms with van der Waals surface area (Å²) in [6.07, 6.45) is 1.27. The molecule has 0 spiro atoms. The minimum Gasteiger partial charge on any atom is -0.481 e. The van der Waals surface area contributed by atoms with E-state index in [1.807, 2.05) is 18.2 Å². The van der Waals surface area contributed by atoms with Crippen LogP contribution in [0.25, 0.3) is 10.9 Å². The molecule has 1 aromatic carbocycles. The van der Waals surface area contributed by atoms with Crippen molar-refractivity contribution in [2.75, 3.05) is 18.0 Å². The molecule has 1 N–H and O–H groups in total. The first kappa shape index (κ1) is 14.4. The maximum absolute atomic E-state index is 11.0. The molecule has 2 aromatic rings. The molecule has 1 aromatic heterocycles. The first-order valence-electron chi connectivity index (χ1n) is 6.79. The SMILES string of the molecule is O=C(O)C1CCN(c2ccc3ccc(Cl)c(Cl)c3n2)CC1. The second-order valence-corrected chi connectivity index (χ2v) is 5.99. The van der Waals surface area contributed by atoms with Gasteiger partial charge >= 0.3 is 5.97 Å². The standard InChI is InChI=1S/C15H14Cl2N2O2/c16-11-3-1-9-2-4-12(18-14(9)13(11)17)19-7-5-10(6-8-19)15(20)21/h1-4,10H,5-8H2,(H,20,21). The lowest BCUT2D eigenvalue weighted by Gasteiger charge is -2.31. The van der Waals surface area contributed by atoms with E-state index in [4.69, 9.17) is 28.3 Å². The molecule has 0 amide bonds. The smallest absolute Gasteiger partial charge is 0.306 e. The van der Waals surface area contributed by atoms with Crippen LogP contribution in [0.1, 0.15) is 12.8 Å². The molecule has 0 bridgehead atoms. The average molecular weight is 325 g/mol. The molecular weight excluding hydrogens is 311 g/mol. The normalized spacial score (nSPS) is 16.4. The Hall–Kier alpha value is -1.52. The molecule has 0 saturated carbocycles. The van der Waals surface area contributed by atoms with Gasteiger partial charge in [-0.1, -0.05) is 29.3 Å². The van der Waals surface area contributed by atoms with Gasteiger partial charge in [-0.2, -0.15) is 0 Å². The number of anilines is 1. The summed E-state index contributed by atoms with van der Waals surface area (Å²) < 4.78 is 0. The highest BCUT2D eigenvalue weighted by atomic mass is 35.5. The Morgan fingerprint density at radius 2 is 1.86 bits per heavy atom. The predicted molar refractivity (Wildman–Crippen MR) is 84.3 cm³/mol. The van der Waals surface area contributed by atoms with E-state index in [9.17, 15) is 4.79 Å². The number of piperidine rings is 1. The number of nitrogens with zero attached hydrogens (tertiary/aromatic N) is 2. The van der Waals surface area contributed by atoms with Gasteiger partial charge in [0.2, 0.25) is 0 Å². The van der Waals surface area contributed by atoms with Crippen LogP contribution in [-0.4, -0.2) is 29.1 Å². The Labute approximate surface area is 132 Å². The zero-order valence-corrected chi connectivity index (χ0v) is 12.7. The topological polar surface area (TPSA) is 53.4 Å². The number of halogens is 2. The summed E-state index contributed by atoms with van der Waals surface area (Å²) >= 11 is 12.2. The lowest BCUT2D eigenvalue weighted by Crippen LogP contribution is -2.36. The second kappa shape index (κ2) is 5.70. The van der Waals surface area contributed by atoms with Crippen molar-refractivity contribution in [1.82, 2.24) is 4.98 Å².